The van der Waals surface area contributed by atoms with Gasteiger partial charge in [-0.3, -0.25) is 9.52 Å². The molecule has 1 amide bonds. The molecule has 7 heteroatoms. The van der Waals surface area contributed by atoms with E-state index in [1.165, 1.54) is 11.3 Å². The van der Waals surface area contributed by atoms with E-state index >= 15 is 0 Å². The lowest BCUT2D eigenvalue weighted by Gasteiger charge is -2.22. The second kappa shape index (κ2) is 5.73. The first kappa shape index (κ1) is 15.1. The van der Waals surface area contributed by atoms with Gasteiger partial charge in [-0.05, 0) is 48.6 Å². The first-order valence-electron chi connectivity index (χ1n) is 6.89. The molecule has 0 unspecified atom stereocenters. The number of rotatable bonds is 5. The van der Waals surface area contributed by atoms with Crippen LogP contribution < -0.4 is 9.62 Å². The van der Waals surface area contributed by atoms with Crippen molar-refractivity contribution in [3.63, 3.8) is 0 Å². The minimum Gasteiger partial charge on any atom is -0.305 e. The van der Waals surface area contributed by atoms with Gasteiger partial charge in [0.15, 0.2) is 0 Å². The summed E-state index contributed by atoms with van der Waals surface area (Å²) in [6.45, 7) is 0. The Morgan fingerprint density at radius 3 is 2.41 bits per heavy atom. The third-order valence-corrected chi connectivity index (χ3v) is 4.78. The standard InChI is InChI=1S/C15H16N2O3S2/c1-22(19,20)16-11-4-6-12(7-5-11)17(13-8-9-13)15(18)14-3-2-10-21-14/h2-7,10,13,16H,8-9H2,1H3. The zero-order chi connectivity index (χ0) is 15.7. The van der Waals surface area contributed by atoms with Crippen molar-refractivity contribution in [2.45, 2.75) is 18.9 Å². The van der Waals surface area contributed by atoms with Crippen molar-refractivity contribution < 1.29 is 13.2 Å². The van der Waals surface area contributed by atoms with Crippen LogP contribution in [0.15, 0.2) is 41.8 Å². The average Bonchev–Trinajstić information content (AvgIpc) is 3.12. The van der Waals surface area contributed by atoms with Gasteiger partial charge < -0.3 is 4.90 Å². The summed E-state index contributed by atoms with van der Waals surface area (Å²) in [7, 11) is -3.29. The molecule has 22 heavy (non-hydrogen) atoms. The number of carbonyl (C=O) groups is 1. The molecule has 1 aromatic carbocycles. The molecule has 0 atom stereocenters. The van der Waals surface area contributed by atoms with Crippen molar-refractivity contribution >= 4 is 38.6 Å². The molecule has 0 radical (unpaired) electrons. The summed E-state index contributed by atoms with van der Waals surface area (Å²) in [5.74, 6) is 0.00122. The fourth-order valence-corrected chi connectivity index (χ4v) is 3.47. The van der Waals surface area contributed by atoms with E-state index in [1.54, 1.807) is 29.2 Å². The van der Waals surface area contributed by atoms with Crippen molar-refractivity contribution in [2.24, 2.45) is 0 Å². The number of thiophene rings is 1. The molecule has 1 aromatic heterocycles. The van der Waals surface area contributed by atoms with Crippen LogP contribution in [0.25, 0.3) is 0 Å². The van der Waals surface area contributed by atoms with Gasteiger partial charge >= 0.3 is 0 Å². The summed E-state index contributed by atoms with van der Waals surface area (Å²) < 4.78 is 24.9. The number of amides is 1. The smallest absolute Gasteiger partial charge is 0.268 e. The Bertz CT molecular complexity index is 764. The highest BCUT2D eigenvalue weighted by molar-refractivity contribution is 7.92. The van der Waals surface area contributed by atoms with Crippen LogP contribution in [-0.2, 0) is 10.0 Å². The van der Waals surface area contributed by atoms with E-state index in [0.29, 0.717) is 10.6 Å². The molecule has 0 saturated heterocycles. The first-order chi connectivity index (χ1) is 10.4. The van der Waals surface area contributed by atoms with Crippen molar-refractivity contribution in [1.29, 1.82) is 0 Å². The molecule has 1 N–H and O–H groups in total. The molecule has 0 spiro atoms. The Labute approximate surface area is 133 Å². The minimum atomic E-state index is -3.29. The maximum atomic E-state index is 12.6. The molecule has 1 aliphatic carbocycles. The predicted molar refractivity (Wildman–Crippen MR) is 89.1 cm³/mol. The molecule has 1 saturated carbocycles. The zero-order valence-electron chi connectivity index (χ0n) is 12.0. The minimum absolute atomic E-state index is 0.00122. The Morgan fingerprint density at radius 2 is 1.91 bits per heavy atom. The summed E-state index contributed by atoms with van der Waals surface area (Å²) in [5.41, 5.74) is 1.28. The van der Waals surface area contributed by atoms with Gasteiger partial charge in [0, 0.05) is 17.4 Å². The molecule has 3 rings (SSSR count). The molecule has 1 fully saturated rings. The molecule has 5 nitrogen and oxygen atoms in total. The van der Waals surface area contributed by atoms with Crippen LogP contribution in [0, 0.1) is 0 Å². The summed E-state index contributed by atoms with van der Waals surface area (Å²) in [6.07, 6.45) is 3.11. The molecule has 0 aliphatic heterocycles. The number of anilines is 2. The lowest BCUT2D eigenvalue weighted by Crippen LogP contribution is -2.32. The number of hydrogen-bond acceptors (Lipinski definition) is 4. The number of nitrogens with one attached hydrogen (secondary N) is 1. The summed E-state index contributed by atoms with van der Waals surface area (Å²) in [5, 5.41) is 1.89. The highest BCUT2D eigenvalue weighted by Crippen LogP contribution is 2.34. The SMILES string of the molecule is CS(=O)(=O)Nc1ccc(N(C(=O)c2cccs2)C2CC2)cc1. The van der Waals surface area contributed by atoms with Gasteiger partial charge in [-0.1, -0.05) is 6.07 Å². The van der Waals surface area contributed by atoms with E-state index < -0.39 is 10.0 Å². The van der Waals surface area contributed by atoms with Gasteiger partial charge in [-0.15, -0.1) is 11.3 Å². The Balaban J connectivity index is 1.85. The van der Waals surface area contributed by atoms with Gasteiger partial charge in [-0.25, -0.2) is 8.42 Å². The predicted octanol–water partition coefficient (Wildman–Crippen LogP) is 2.93. The maximum absolute atomic E-state index is 12.6. The van der Waals surface area contributed by atoms with Gasteiger partial charge in [-0.2, -0.15) is 0 Å². The van der Waals surface area contributed by atoms with Crippen LogP contribution in [-0.4, -0.2) is 26.6 Å². The van der Waals surface area contributed by atoms with E-state index in [4.69, 9.17) is 0 Å². The quantitative estimate of drug-likeness (QED) is 0.913. The van der Waals surface area contributed by atoms with E-state index in [-0.39, 0.29) is 11.9 Å². The van der Waals surface area contributed by atoms with Crippen molar-refractivity contribution in [1.82, 2.24) is 0 Å². The lowest BCUT2D eigenvalue weighted by molar-refractivity contribution is 0.0989. The van der Waals surface area contributed by atoms with E-state index in [1.807, 2.05) is 17.5 Å². The van der Waals surface area contributed by atoms with Crippen LogP contribution >= 0.6 is 11.3 Å². The van der Waals surface area contributed by atoms with Crippen LogP contribution in [0.3, 0.4) is 0 Å². The molecule has 1 aliphatic rings. The molecule has 1 heterocycles. The number of nitrogens with zero attached hydrogens (tertiary/aromatic N) is 1. The molecule has 116 valence electrons. The highest BCUT2D eigenvalue weighted by atomic mass is 32.2. The Kier molecular flexibility index (Phi) is 3.92. The summed E-state index contributed by atoms with van der Waals surface area (Å²) >= 11 is 1.43. The summed E-state index contributed by atoms with van der Waals surface area (Å²) in [4.78, 5) is 15.1. The first-order valence-corrected chi connectivity index (χ1v) is 9.66. The van der Waals surface area contributed by atoms with Crippen LogP contribution in [0.4, 0.5) is 11.4 Å². The van der Waals surface area contributed by atoms with Gasteiger partial charge in [0.05, 0.1) is 11.1 Å². The van der Waals surface area contributed by atoms with Crippen LogP contribution in [0.1, 0.15) is 22.5 Å². The second-order valence-corrected chi connectivity index (χ2v) is 8.00. The maximum Gasteiger partial charge on any atom is 0.268 e. The fraction of sp³-hybridized carbons (Fsp3) is 0.267. The van der Waals surface area contributed by atoms with Gasteiger partial charge in [0.1, 0.15) is 0 Å². The molecule has 0 bridgehead atoms. The van der Waals surface area contributed by atoms with Gasteiger partial charge in [0.25, 0.3) is 5.91 Å². The number of benzene rings is 1. The third-order valence-electron chi connectivity index (χ3n) is 3.31. The zero-order valence-corrected chi connectivity index (χ0v) is 13.7. The largest absolute Gasteiger partial charge is 0.305 e. The van der Waals surface area contributed by atoms with Crippen molar-refractivity contribution in [2.75, 3.05) is 15.9 Å². The number of sulfonamides is 1. The molecular formula is C15H16N2O3S2. The Hall–Kier alpha value is -1.86. The van der Waals surface area contributed by atoms with Crippen molar-refractivity contribution in [3.8, 4) is 0 Å². The summed E-state index contributed by atoms with van der Waals surface area (Å²) in [6, 6.07) is 10.8. The van der Waals surface area contributed by atoms with Crippen molar-refractivity contribution in [3.05, 3.63) is 46.7 Å². The average molecular weight is 336 g/mol. The molecule has 2 aromatic rings. The Morgan fingerprint density at radius 1 is 1.23 bits per heavy atom. The van der Waals surface area contributed by atoms with Crippen LogP contribution in [0.5, 0.6) is 0 Å². The number of carbonyl (C=O) groups excluding carboxylic acids is 1. The number of hydrogen-bond donors (Lipinski definition) is 1. The van der Waals surface area contributed by atoms with E-state index in [2.05, 4.69) is 4.72 Å². The van der Waals surface area contributed by atoms with E-state index in [0.717, 1.165) is 24.8 Å². The monoisotopic (exact) mass is 336 g/mol. The highest BCUT2D eigenvalue weighted by Gasteiger charge is 2.34. The topological polar surface area (TPSA) is 66.5 Å². The third kappa shape index (κ3) is 3.48. The van der Waals surface area contributed by atoms with Crippen LogP contribution in [0.2, 0.25) is 0 Å². The molecular weight excluding hydrogens is 320 g/mol. The normalized spacial score (nSPS) is 14.6. The second-order valence-electron chi connectivity index (χ2n) is 5.30. The lowest BCUT2D eigenvalue weighted by atomic mass is 10.2. The van der Waals surface area contributed by atoms with E-state index in [9.17, 15) is 13.2 Å². The van der Waals surface area contributed by atoms with Gasteiger partial charge in [0.2, 0.25) is 10.0 Å². The fourth-order valence-electron chi connectivity index (χ4n) is 2.25.